The highest BCUT2D eigenvalue weighted by molar-refractivity contribution is 8.01. The SMILES string of the molecule is CCc1ccc(C2C(C#N)=C(N)N(c3nnc(SCC(=O)Nc4ccc(Cl)c(C(=O)O)c4)s3)C3=C2C(=O)CCC3)cc1. The van der Waals surface area contributed by atoms with Gasteiger partial charge in [-0.05, 0) is 48.6 Å². The van der Waals surface area contributed by atoms with Gasteiger partial charge in [0.05, 0.1) is 33.9 Å². The number of nitrogens with two attached hydrogens (primary N) is 1. The molecule has 0 fully saturated rings. The van der Waals surface area contributed by atoms with Gasteiger partial charge >= 0.3 is 5.97 Å². The lowest BCUT2D eigenvalue weighted by atomic mass is 9.75. The lowest BCUT2D eigenvalue weighted by Crippen LogP contribution is -2.38. The predicted octanol–water partition coefficient (Wildman–Crippen LogP) is 5.49. The predicted molar refractivity (Wildman–Crippen MR) is 161 cm³/mol. The second-order valence-electron chi connectivity index (χ2n) is 9.60. The summed E-state index contributed by atoms with van der Waals surface area (Å²) in [7, 11) is 0. The Balaban J connectivity index is 1.38. The number of hydrogen-bond donors (Lipinski definition) is 3. The minimum atomic E-state index is -1.20. The molecule has 0 spiro atoms. The van der Waals surface area contributed by atoms with Gasteiger partial charge in [0.1, 0.15) is 5.82 Å². The number of carbonyl (C=O) groups excluding carboxylic acids is 2. The summed E-state index contributed by atoms with van der Waals surface area (Å²) in [5.74, 6) is -1.96. The number of carbonyl (C=O) groups is 3. The molecule has 1 unspecified atom stereocenters. The average Bonchev–Trinajstić information content (AvgIpc) is 3.45. The van der Waals surface area contributed by atoms with Crippen LogP contribution in [0.3, 0.4) is 0 Å². The largest absolute Gasteiger partial charge is 0.478 e. The van der Waals surface area contributed by atoms with Gasteiger partial charge in [-0.2, -0.15) is 5.26 Å². The Morgan fingerprint density at radius 3 is 2.69 bits per heavy atom. The van der Waals surface area contributed by atoms with Crippen LogP contribution in [0.2, 0.25) is 5.02 Å². The van der Waals surface area contributed by atoms with Gasteiger partial charge in [-0.3, -0.25) is 14.5 Å². The van der Waals surface area contributed by atoms with Crippen molar-refractivity contribution in [3.8, 4) is 6.07 Å². The molecule has 5 rings (SSSR count). The first-order valence-electron chi connectivity index (χ1n) is 13.1. The van der Waals surface area contributed by atoms with Crippen molar-refractivity contribution in [1.29, 1.82) is 5.26 Å². The van der Waals surface area contributed by atoms with Crippen molar-refractivity contribution in [2.75, 3.05) is 16.0 Å². The van der Waals surface area contributed by atoms with E-state index in [9.17, 15) is 24.8 Å². The van der Waals surface area contributed by atoms with Gasteiger partial charge in [-0.25, -0.2) is 4.79 Å². The maximum Gasteiger partial charge on any atom is 0.337 e. The fourth-order valence-corrected chi connectivity index (χ4v) is 6.91. The first kappa shape index (κ1) is 29.3. The maximum atomic E-state index is 13.3. The molecule has 214 valence electrons. The van der Waals surface area contributed by atoms with Crippen LogP contribution in [0.25, 0.3) is 0 Å². The number of allylic oxidation sites excluding steroid dienone is 3. The number of nitrogens with zero attached hydrogens (tertiary/aromatic N) is 4. The zero-order valence-corrected chi connectivity index (χ0v) is 24.8. The summed E-state index contributed by atoms with van der Waals surface area (Å²) in [6.45, 7) is 2.06. The van der Waals surface area contributed by atoms with Crippen LogP contribution in [0.1, 0.15) is 53.6 Å². The number of aromatic nitrogens is 2. The molecule has 2 aromatic carbocycles. The highest BCUT2D eigenvalue weighted by Crippen LogP contribution is 2.47. The monoisotopic (exact) mass is 620 g/mol. The minimum Gasteiger partial charge on any atom is -0.478 e. The summed E-state index contributed by atoms with van der Waals surface area (Å²) in [6.07, 6.45) is 2.51. The normalized spacial score (nSPS) is 16.7. The van der Waals surface area contributed by atoms with Gasteiger partial charge < -0.3 is 16.2 Å². The Morgan fingerprint density at radius 2 is 2.00 bits per heavy atom. The first-order valence-corrected chi connectivity index (χ1v) is 15.2. The third-order valence-corrected chi connectivity index (χ3v) is 9.40. The number of anilines is 2. The second-order valence-corrected chi connectivity index (χ2v) is 12.2. The molecular formula is C29H25ClN6O4S2. The van der Waals surface area contributed by atoms with Crippen LogP contribution >= 0.6 is 34.7 Å². The van der Waals surface area contributed by atoms with E-state index in [2.05, 4.69) is 28.5 Å². The van der Waals surface area contributed by atoms with Crippen LogP contribution in [0.15, 0.2) is 69.5 Å². The lowest BCUT2D eigenvalue weighted by Gasteiger charge is -2.38. The van der Waals surface area contributed by atoms with Gasteiger partial charge in [-0.1, -0.05) is 65.9 Å². The van der Waals surface area contributed by atoms with Crippen LogP contribution in [-0.2, 0) is 16.0 Å². The smallest absolute Gasteiger partial charge is 0.337 e. The summed E-state index contributed by atoms with van der Waals surface area (Å²) < 4.78 is 0.482. The quantitative estimate of drug-likeness (QED) is 0.275. The Hall–Kier alpha value is -4.18. The minimum absolute atomic E-state index is 0.0172. The van der Waals surface area contributed by atoms with Crippen molar-refractivity contribution in [3.05, 3.63) is 86.8 Å². The zero-order chi connectivity index (χ0) is 30.0. The summed E-state index contributed by atoms with van der Waals surface area (Å²) in [5.41, 5.74) is 10.4. The third kappa shape index (κ3) is 5.76. The number of thioether (sulfide) groups is 1. The molecule has 42 heavy (non-hydrogen) atoms. The third-order valence-electron chi connectivity index (χ3n) is 7.03. The molecule has 13 heteroatoms. The van der Waals surface area contributed by atoms with Crippen molar-refractivity contribution in [2.45, 2.75) is 42.9 Å². The van der Waals surface area contributed by atoms with Crippen molar-refractivity contribution >= 4 is 63.2 Å². The molecule has 2 heterocycles. The van der Waals surface area contributed by atoms with Crippen molar-refractivity contribution in [2.24, 2.45) is 5.73 Å². The van der Waals surface area contributed by atoms with E-state index in [-0.39, 0.29) is 39.4 Å². The first-order chi connectivity index (χ1) is 20.2. The number of halogens is 1. The van der Waals surface area contributed by atoms with Gasteiger partial charge in [0.2, 0.25) is 11.0 Å². The van der Waals surface area contributed by atoms with Crippen LogP contribution in [0.4, 0.5) is 10.8 Å². The molecule has 0 radical (unpaired) electrons. The average molecular weight is 621 g/mol. The molecule has 10 nitrogen and oxygen atoms in total. The molecule has 0 saturated heterocycles. The van der Waals surface area contributed by atoms with E-state index in [0.29, 0.717) is 40.0 Å². The number of aryl methyl sites for hydroxylation is 1. The Bertz CT molecular complexity index is 1690. The highest BCUT2D eigenvalue weighted by atomic mass is 35.5. The van der Waals surface area contributed by atoms with Gasteiger partial charge in [0.25, 0.3) is 0 Å². The van der Waals surface area contributed by atoms with E-state index < -0.39 is 11.9 Å². The van der Waals surface area contributed by atoms with Gasteiger partial charge in [0.15, 0.2) is 10.1 Å². The summed E-state index contributed by atoms with van der Waals surface area (Å²) >= 11 is 8.23. The number of carboxylic acids is 1. The number of hydrogen-bond acceptors (Lipinski definition) is 10. The molecular weight excluding hydrogens is 596 g/mol. The van der Waals surface area contributed by atoms with E-state index in [0.717, 1.165) is 35.0 Å². The summed E-state index contributed by atoms with van der Waals surface area (Å²) in [5, 5.41) is 31.1. The molecule has 0 bridgehead atoms. The molecule has 0 saturated carbocycles. The molecule has 1 amide bonds. The van der Waals surface area contributed by atoms with Crippen molar-refractivity contribution in [3.63, 3.8) is 0 Å². The molecule has 1 aromatic heterocycles. The second kappa shape index (κ2) is 12.4. The maximum absolute atomic E-state index is 13.3. The Morgan fingerprint density at radius 1 is 1.24 bits per heavy atom. The van der Waals surface area contributed by atoms with E-state index >= 15 is 0 Å². The fraction of sp³-hybridized carbons (Fsp3) is 0.241. The number of aromatic carboxylic acids is 1. The van der Waals surface area contributed by atoms with E-state index in [4.69, 9.17) is 17.3 Å². The molecule has 2 aliphatic rings. The van der Waals surface area contributed by atoms with E-state index in [1.807, 2.05) is 24.3 Å². The number of nitrogens with one attached hydrogen (secondary N) is 1. The number of benzene rings is 2. The van der Waals surface area contributed by atoms with Gasteiger partial charge in [-0.15, -0.1) is 10.2 Å². The molecule has 1 atom stereocenters. The number of ketones is 1. The summed E-state index contributed by atoms with van der Waals surface area (Å²) in [6, 6.07) is 14.4. The number of nitriles is 1. The molecule has 4 N–H and O–H groups in total. The number of Topliss-reactive ketones (excluding diaryl/α,β-unsaturated/α-hetero) is 1. The molecule has 3 aromatic rings. The van der Waals surface area contributed by atoms with Crippen LogP contribution in [0, 0.1) is 11.3 Å². The zero-order valence-electron chi connectivity index (χ0n) is 22.4. The van der Waals surface area contributed by atoms with Crippen LogP contribution in [-0.4, -0.2) is 38.7 Å². The Kier molecular flexibility index (Phi) is 8.63. The molecule has 1 aliphatic heterocycles. The highest BCUT2D eigenvalue weighted by Gasteiger charge is 2.41. The summed E-state index contributed by atoms with van der Waals surface area (Å²) in [4.78, 5) is 38.8. The van der Waals surface area contributed by atoms with Gasteiger partial charge in [0, 0.05) is 23.4 Å². The van der Waals surface area contributed by atoms with E-state index in [1.54, 1.807) is 4.90 Å². The fourth-order valence-electron chi connectivity index (χ4n) is 5.03. The van der Waals surface area contributed by atoms with Crippen LogP contribution in [0.5, 0.6) is 0 Å². The number of carboxylic acid groups (broad SMARTS) is 1. The molecule has 1 aliphatic carbocycles. The van der Waals surface area contributed by atoms with E-state index in [1.165, 1.54) is 29.5 Å². The number of amides is 1. The standard InChI is InChI=1S/C29H25ClN6O4S2/c1-2-15-6-8-16(9-7-15)24-19(13-31)26(32)36(21-4-3-5-22(37)25(21)24)28-34-35-29(42-28)41-14-23(38)33-17-10-11-20(30)18(12-17)27(39)40/h6-12,24H,2-5,14,32H2,1H3,(H,33,38)(H,39,40). The topological polar surface area (TPSA) is 162 Å². The number of rotatable bonds is 8. The van der Waals surface area contributed by atoms with Crippen LogP contribution < -0.4 is 16.0 Å². The lowest BCUT2D eigenvalue weighted by molar-refractivity contribution is -0.116. The van der Waals surface area contributed by atoms with Crippen molar-refractivity contribution in [1.82, 2.24) is 10.2 Å². The Labute approximate surface area is 254 Å². The van der Waals surface area contributed by atoms with Crippen molar-refractivity contribution < 1.29 is 19.5 Å².